The topological polar surface area (TPSA) is 20.2 Å². The van der Waals surface area contributed by atoms with Crippen LogP contribution < -0.4 is 0 Å². The standard InChI is InChI=1S/C5H11FO/c1-5(4-7)2-3-6/h5,7H,2-4H2,1H3. The summed E-state index contributed by atoms with van der Waals surface area (Å²) in [6.07, 6.45) is 0.483. The quantitative estimate of drug-likeness (QED) is 0.568. The molecule has 0 aliphatic heterocycles. The summed E-state index contributed by atoms with van der Waals surface area (Å²) >= 11 is 0. The molecule has 0 fully saturated rings. The number of halogens is 1. The van der Waals surface area contributed by atoms with Crippen molar-refractivity contribution in [2.45, 2.75) is 13.3 Å². The van der Waals surface area contributed by atoms with Gasteiger partial charge in [0.1, 0.15) is 0 Å². The Kier molecular flexibility index (Phi) is 4.00. The van der Waals surface area contributed by atoms with Crippen LogP contribution in [0.3, 0.4) is 0 Å². The van der Waals surface area contributed by atoms with E-state index >= 15 is 0 Å². The van der Waals surface area contributed by atoms with Gasteiger partial charge in [0.05, 0.1) is 6.67 Å². The first-order valence-corrected chi connectivity index (χ1v) is 2.48. The number of rotatable bonds is 3. The Labute approximate surface area is 43.2 Å². The Hall–Kier alpha value is -0.110. The summed E-state index contributed by atoms with van der Waals surface area (Å²) in [5, 5.41) is 8.30. The second-order valence-electron chi connectivity index (χ2n) is 1.77. The Balaban J connectivity index is 2.83. The lowest BCUT2D eigenvalue weighted by Crippen LogP contribution is -2.00. The minimum Gasteiger partial charge on any atom is -0.396 e. The van der Waals surface area contributed by atoms with Gasteiger partial charge in [0.15, 0.2) is 0 Å². The minimum atomic E-state index is -0.318. The number of hydrogen-bond donors (Lipinski definition) is 1. The van der Waals surface area contributed by atoms with Gasteiger partial charge in [0, 0.05) is 6.61 Å². The summed E-state index contributed by atoms with van der Waals surface area (Å²) in [5.74, 6) is 0.130. The number of aliphatic hydroxyl groups is 1. The molecular weight excluding hydrogens is 95.1 g/mol. The third-order valence-electron chi connectivity index (χ3n) is 0.914. The molecule has 1 unspecified atom stereocenters. The monoisotopic (exact) mass is 106 g/mol. The van der Waals surface area contributed by atoms with E-state index in [9.17, 15) is 4.39 Å². The first kappa shape index (κ1) is 6.89. The largest absolute Gasteiger partial charge is 0.396 e. The molecule has 0 heterocycles. The molecule has 0 radical (unpaired) electrons. The van der Waals surface area contributed by atoms with Gasteiger partial charge in [0.25, 0.3) is 0 Å². The molecule has 0 spiro atoms. The van der Waals surface area contributed by atoms with Crippen molar-refractivity contribution in [1.29, 1.82) is 0 Å². The molecule has 0 saturated heterocycles. The van der Waals surface area contributed by atoms with Crippen LogP contribution in [0.1, 0.15) is 13.3 Å². The molecule has 1 N–H and O–H groups in total. The number of aliphatic hydroxyl groups excluding tert-OH is 1. The van der Waals surface area contributed by atoms with E-state index in [0.29, 0.717) is 6.42 Å². The van der Waals surface area contributed by atoms with Gasteiger partial charge < -0.3 is 5.11 Å². The molecule has 1 nitrogen and oxygen atoms in total. The van der Waals surface area contributed by atoms with Gasteiger partial charge >= 0.3 is 0 Å². The summed E-state index contributed by atoms with van der Waals surface area (Å²) in [7, 11) is 0. The van der Waals surface area contributed by atoms with Gasteiger partial charge in [0.2, 0.25) is 0 Å². The molecular formula is C5H11FO. The van der Waals surface area contributed by atoms with Crippen LogP contribution in [0, 0.1) is 5.92 Å². The van der Waals surface area contributed by atoms with Crippen LogP contribution in [0.15, 0.2) is 0 Å². The second kappa shape index (κ2) is 4.06. The second-order valence-corrected chi connectivity index (χ2v) is 1.77. The van der Waals surface area contributed by atoms with Crippen LogP contribution >= 0.6 is 0 Å². The van der Waals surface area contributed by atoms with E-state index in [4.69, 9.17) is 5.11 Å². The molecule has 2 heteroatoms. The van der Waals surface area contributed by atoms with E-state index < -0.39 is 0 Å². The van der Waals surface area contributed by atoms with Crippen molar-refractivity contribution >= 4 is 0 Å². The van der Waals surface area contributed by atoms with E-state index in [1.807, 2.05) is 6.92 Å². The number of hydrogen-bond acceptors (Lipinski definition) is 1. The highest BCUT2D eigenvalue weighted by Crippen LogP contribution is 1.98. The smallest absolute Gasteiger partial charge is 0.0897 e. The van der Waals surface area contributed by atoms with Crippen molar-refractivity contribution < 1.29 is 9.50 Å². The molecule has 44 valence electrons. The van der Waals surface area contributed by atoms with Gasteiger partial charge in [-0.1, -0.05) is 6.92 Å². The van der Waals surface area contributed by atoms with Crippen molar-refractivity contribution in [3.63, 3.8) is 0 Å². The maximum atomic E-state index is 11.3. The Bertz CT molecular complexity index is 39.1. The van der Waals surface area contributed by atoms with Crippen LogP contribution in [0.25, 0.3) is 0 Å². The van der Waals surface area contributed by atoms with E-state index in [1.54, 1.807) is 0 Å². The highest BCUT2D eigenvalue weighted by Gasteiger charge is 1.95. The van der Waals surface area contributed by atoms with E-state index in [1.165, 1.54) is 0 Å². The predicted molar refractivity (Wildman–Crippen MR) is 26.8 cm³/mol. The molecule has 0 rings (SSSR count). The van der Waals surface area contributed by atoms with Crippen molar-refractivity contribution in [2.24, 2.45) is 5.92 Å². The molecule has 0 bridgehead atoms. The molecule has 0 aromatic rings. The normalized spacial score (nSPS) is 14.1. The van der Waals surface area contributed by atoms with E-state index in [2.05, 4.69) is 0 Å². The predicted octanol–water partition coefficient (Wildman–Crippen LogP) is 0.974. The summed E-state index contributed by atoms with van der Waals surface area (Å²) in [5.41, 5.74) is 0. The lowest BCUT2D eigenvalue weighted by Gasteiger charge is -2.00. The maximum Gasteiger partial charge on any atom is 0.0897 e. The molecule has 0 amide bonds. The third kappa shape index (κ3) is 3.73. The van der Waals surface area contributed by atoms with Crippen LogP contribution in [0.5, 0.6) is 0 Å². The zero-order valence-electron chi connectivity index (χ0n) is 4.52. The maximum absolute atomic E-state index is 11.3. The van der Waals surface area contributed by atoms with E-state index in [-0.39, 0.29) is 19.2 Å². The molecule has 0 saturated carbocycles. The van der Waals surface area contributed by atoms with Gasteiger partial charge in [-0.2, -0.15) is 0 Å². The fourth-order valence-electron chi connectivity index (χ4n) is 0.278. The number of alkyl halides is 1. The molecule has 7 heavy (non-hydrogen) atoms. The zero-order valence-corrected chi connectivity index (χ0v) is 4.52. The van der Waals surface area contributed by atoms with Gasteiger partial charge in [-0.25, -0.2) is 0 Å². The Morgan fingerprint density at radius 1 is 1.71 bits per heavy atom. The third-order valence-corrected chi connectivity index (χ3v) is 0.914. The van der Waals surface area contributed by atoms with Gasteiger partial charge in [-0.3, -0.25) is 4.39 Å². The summed E-state index contributed by atoms with van der Waals surface area (Å²) in [4.78, 5) is 0. The van der Waals surface area contributed by atoms with Crippen molar-refractivity contribution in [1.82, 2.24) is 0 Å². The van der Waals surface area contributed by atoms with Crippen molar-refractivity contribution in [3.8, 4) is 0 Å². The average Bonchev–Trinajstić information content (AvgIpc) is 1.68. The van der Waals surface area contributed by atoms with Crippen LogP contribution in [0.4, 0.5) is 4.39 Å². The highest BCUT2D eigenvalue weighted by atomic mass is 19.1. The zero-order chi connectivity index (χ0) is 5.70. The first-order chi connectivity index (χ1) is 3.31. The average molecular weight is 106 g/mol. The molecule has 0 aromatic heterocycles. The van der Waals surface area contributed by atoms with Crippen molar-refractivity contribution in [2.75, 3.05) is 13.3 Å². The van der Waals surface area contributed by atoms with Crippen LogP contribution in [-0.2, 0) is 0 Å². The Morgan fingerprint density at radius 3 is 2.43 bits per heavy atom. The fraction of sp³-hybridized carbons (Fsp3) is 1.00. The van der Waals surface area contributed by atoms with Gasteiger partial charge in [-0.15, -0.1) is 0 Å². The molecule has 0 aliphatic rings. The fourth-order valence-corrected chi connectivity index (χ4v) is 0.278. The van der Waals surface area contributed by atoms with E-state index in [0.717, 1.165) is 0 Å². The summed E-state index contributed by atoms with van der Waals surface area (Å²) < 4.78 is 11.3. The SMILES string of the molecule is CC(CO)CCF. The molecule has 0 aromatic carbocycles. The summed E-state index contributed by atoms with van der Waals surface area (Å²) in [6, 6.07) is 0. The van der Waals surface area contributed by atoms with Crippen molar-refractivity contribution in [3.05, 3.63) is 0 Å². The Morgan fingerprint density at radius 2 is 2.29 bits per heavy atom. The summed E-state index contributed by atoms with van der Waals surface area (Å²) in [6.45, 7) is 1.60. The lowest BCUT2D eigenvalue weighted by atomic mass is 10.1. The van der Waals surface area contributed by atoms with Gasteiger partial charge in [-0.05, 0) is 12.3 Å². The molecule has 0 aliphatic carbocycles. The molecule has 1 atom stereocenters. The lowest BCUT2D eigenvalue weighted by molar-refractivity contribution is 0.220. The van der Waals surface area contributed by atoms with Crippen LogP contribution in [0.2, 0.25) is 0 Å². The highest BCUT2D eigenvalue weighted by molar-refractivity contribution is 4.46. The van der Waals surface area contributed by atoms with Crippen LogP contribution in [-0.4, -0.2) is 18.4 Å². The minimum absolute atomic E-state index is 0.101. The first-order valence-electron chi connectivity index (χ1n) is 2.48.